The average Bonchev–Trinajstić information content (AvgIpc) is 2.37. The molecule has 5 heteroatoms. The Morgan fingerprint density at radius 2 is 1.89 bits per heavy atom. The van der Waals surface area contributed by atoms with Gasteiger partial charge in [0.2, 0.25) is 5.91 Å². The van der Waals surface area contributed by atoms with Gasteiger partial charge >= 0.3 is 0 Å². The standard InChI is InChI=1S/C14H10BrCl2NO/c15-11-6-5-10(16)8-13(11)18-14(19)7-9-3-1-2-4-12(9)17/h1-6,8H,7H2,(H,18,19). The third-order valence-electron chi connectivity index (χ3n) is 2.51. The number of hydrogen-bond acceptors (Lipinski definition) is 1. The van der Waals surface area contributed by atoms with Crippen LogP contribution in [0.2, 0.25) is 10.0 Å². The highest BCUT2D eigenvalue weighted by molar-refractivity contribution is 9.10. The van der Waals surface area contributed by atoms with Crippen LogP contribution in [0.3, 0.4) is 0 Å². The molecule has 2 nitrogen and oxygen atoms in total. The van der Waals surface area contributed by atoms with Crippen molar-refractivity contribution in [3.05, 3.63) is 62.5 Å². The number of benzene rings is 2. The molecule has 1 N–H and O–H groups in total. The minimum absolute atomic E-state index is 0.143. The van der Waals surface area contributed by atoms with Crippen molar-refractivity contribution < 1.29 is 4.79 Å². The molecule has 19 heavy (non-hydrogen) atoms. The molecule has 0 fully saturated rings. The maximum absolute atomic E-state index is 12.0. The number of halogens is 3. The van der Waals surface area contributed by atoms with Crippen molar-refractivity contribution in [3.8, 4) is 0 Å². The Bertz CT molecular complexity index is 616. The highest BCUT2D eigenvalue weighted by Gasteiger charge is 2.09. The monoisotopic (exact) mass is 357 g/mol. The van der Waals surface area contributed by atoms with Gasteiger partial charge < -0.3 is 5.32 Å². The summed E-state index contributed by atoms with van der Waals surface area (Å²) in [6.07, 6.45) is 0.221. The van der Waals surface area contributed by atoms with Gasteiger partial charge in [0.1, 0.15) is 0 Å². The Hall–Kier alpha value is -1.03. The molecule has 0 spiro atoms. The first-order valence-electron chi connectivity index (χ1n) is 5.54. The molecule has 98 valence electrons. The molecule has 0 saturated heterocycles. The average molecular weight is 359 g/mol. The molecule has 0 aliphatic heterocycles. The first-order chi connectivity index (χ1) is 9.06. The Balaban J connectivity index is 2.10. The van der Waals surface area contributed by atoms with Crippen molar-refractivity contribution in [1.82, 2.24) is 0 Å². The molecular weight excluding hydrogens is 349 g/mol. The Kier molecular flexibility index (Phi) is 4.86. The van der Waals surface area contributed by atoms with E-state index in [0.29, 0.717) is 15.7 Å². The van der Waals surface area contributed by atoms with Crippen molar-refractivity contribution in [3.63, 3.8) is 0 Å². The second-order valence-electron chi connectivity index (χ2n) is 3.94. The lowest BCUT2D eigenvalue weighted by molar-refractivity contribution is -0.115. The predicted molar refractivity (Wildman–Crippen MR) is 82.9 cm³/mol. The van der Waals surface area contributed by atoms with Crippen molar-refractivity contribution >= 4 is 50.7 Å². The van der Waals surface area contributed by atoms with Crippen molar-refractivity contribution in [1.29, 1.82) is 0 Å². The van der Waals surface area contributed by atoms with Crippen LogP contribution in [0.15, 0.2) is 46.9 Å². The zero-order valence-electron chi connectivity index (χ0n) is 9.79. The fourth-order valence-electron chi connectivity index (χ4n) is 1.60. The van der Waals surface area contributed by atoms with E-state index in [1.165, 1.54) is 0 Å². The molecular formula is C14H10BrCl2NO. The number of anilines is 1. The second-order valence-corrected chi connectivity index (χ2v) is 5.64. The fourth-order valence-corrected chi connectivity index (χ4v) is 2.32. The van der Waals surface area contributed by atoms with Gasteiger partial charge in [-0.3, -0.25) is 4.79 Å². The SMILES string of the molecule is O=C(Cc1ccccc1Cl)Nc1cc(Cl)ccc1Br. The van der Waals surface area contributed by atoms with Crippen LogP contribution < -0.4 is 5.32 Å². The summed E-state index contributed by atoms with van der Waals surface area (Å²) in [6.45, 7) is 0. The van der Waals surface area contributed by atoms with E-state index in [-0.39, 0.29) is 12.3 Å². The van der Waals surface area contributed by atoms with Gasteiger partial charge in [-0.25, -0.2) is 0 Å². The van der Waals surface area contributed by atoms with Gasteiger partial charge in [0.05, 0.1) is 12.1 Å². The third-order valence-corrected chi connectivity index (χ3v) is 3.81. The molecule has 0 aliphatic carbocycles. The molecule has 0 aromatic heterocycles. The van der Waals surface area contributed by atoms with Crippen LogP contribution in [0.25, 0.3) is 0 Å². The van der Waals surface area contributed by atoms with E-state index in [9.17, 15) is 4.79 Å². The number of rotatable bonds is 3. The molecule has 0 saturated carbocycles. The third kappa shape index (κ3) is 3.96. The summed E-state index contributed by atoms with van der Waals surface area (Å²) in [5.41, 5.74) is 1.43. The van der Waals surface area contributed by atoms with E-state index in [0.717, 1.165) is 10.0 Å². The first-order valence-corrected chi connectivity index (χ1v) is 7.09. The van der Waals surface area contributed by atoms with Gasteiger partial charge in [-0.1, -0.05) is 41.4 Å². The molecule has 0 aliphatic rings. The lowest BCUT2D eigenvalue weighted by atomic mass is 10.1. The molecule has 0 atom stereocenters. The van der Waals surface area contributed by atoms with Crippen molar-refractivity contribution in [2.45, 2.75) is 6.42 Å². The van der Waals surface area contributed by atoms with Gasteiger partial charge in [-0.2, -0.15) is 0 Å². The van der Waals surface area contributed by atoms with Crippen LogP contribution in [0.1, 0.15) is 5.56 Å². The Labute approximate surface area is 129 Å². The molecule has 2 aromatic carbocycles. The van der Waals surface area contributed by atoms with Crippen LogP contribution in [-0.2, 0) is 11.2 Å². The molecule has 2 rings (SSSR count). The van der Waals surface area contributed by atoms with Crippen LogP contribution in [0.5, 0.6) is 0 Å². The van der Waals surface area contributed by atoms with Gasteiger partial charge in [-0.15, -0.1) is 0 Å². The lowest BCUT2D eigenvalue weighted by Gasteiger charge is -2.08. The van der Waals surface area contributed by atoms with Crippen LogP contribution >= 0.6 is 39.1 Å². The number of nitrogens with one attached hydrogen (secondary N) is 1. The summed E-state index contributed by atoms with van der Waals surface area (Å²) >= 11 is 15.3. The summed E-state index contributed by atoms with van der Waals surface area (Å²) in [5.74, 6) is -0.143. The smallest absolute Gasteiger partial charge is 0.228 e. The van der Waals surface area contributed by atoms with Crippen molar-refractivity contribution in [2.24, 2.45) is 0 Å². The summed E-state index contributed by atoms with van der Waals surface area (Å²) in [6, 6.07) is 12.5. The molecule has 0 bridgehead atoms. The zero-order valence-corrected chi connectivity index (χ0v) is 12.9. The van der Waals surface area contributed by atoms with E-state index in [4.69, 9.17) is 23.2 Å². The first kappa shape index (κ1) is 14.4. The quantitative estimate of drug-likeness (QED) is 0.827. The molecule has 0 heterocycles. The minimum Gasteiger partial charge on any atom is -0.325 e. The van der Waals surface area contributed by atoms with Crippen LogP contribution in [0.4, 0.5) is 5.69 Å². The summed E-state index contributed by atoms with van der Waals surface area (Å²) in [5, 5.41) is 3.95. The second kappa shape index (κ2) is 6.42. The van der Waals surface area contributed by atoms with Gasteiger partial charge in [0.25, 0.3) is 0 Å². The number of carbonyl (C=O) groups excluding carboxylic acids is 1. The Morgan fingerprint density at radius 1 is 1.16 bits per heavy atom. The predicted octanol–water partition coefficient (Wildman–Crippen LogP) is 4.94. The number of amides is 1. The number of carbonyl (C=O) groups is 1. The van der Waals surface area contributed by atoms with Crippen LogP contribution in [0, 0.1) is 0 Å². The van der Waals surface area contributed by atoms with E-state index >= 15 is 0 Å². The molecule has 1 amide bonds. The maximum atomic E-state index is 12.0. The van der Waals surface area contributed by atoms with E-state index in [2.05, 4.69) is 21.2 Å². The number of hydrogen-bond donors (Lipinski definition) is 1. The van der Waals surface area contributed by atoms with Crippen molar-refractivity contribution in [2.75, 3.05) is 5.32 Å². The topological polar surface area (TPSA) is 29.1 Å². The minimum atomic E-state index is -0.143. The van der Waals surface area contributed by atoms with Gasteiger partial charge in [0, 0.05) is 14.5 Å². The highest BCUT2D eigenvalue weighted by Crippen LogP contribution is 2.26. The lowest BCUT2D eigenvalue weighted by Crippen LogP contribution is -2.15. The summed E-state index contributed by atoms with van der Waals surface area (Å²) in [4.78, 5) is 12.0. The molecule has 0 unspecified atom stereocenters. The van der Waals surface area contributed by atoms with E-state index in [1.54, 1.807) is 24.3 Å². The maximum Gasteiger partial charge on any atom is 0.228 e. The molecule has 2 aromatic rings. The van der Waals surface area contributed by atoms with E-state index < -0.39 is 0 Å². The van der Waals surface area contributed by atoms with Gasteiger partial charge in [0.15, 0.2) is 0 Å². The highest BCUT2D eigenvalue weighted by atomic mass is 79.9. The largest absolute Gasteiger partial charge is 0.325 e. The summed E-state index contributed by atoms with van der Waals surface area (Å²) < 4.78 is 0.782. The summed E-state index contributed by atoms with van der Waals surface area (Å²) in [7, 11) is 0. The molecule has 0 radical (unpaired) electrons. The van der Waals surface area contributed by atoms with Gasteiger partial charge in [-0.05, 0) is 45.8 Å². The Morgan fingerprint density at radius 3 is 2.63 bits per heavy atom. The fraction of sp³-hybridized carbons (Fsp3) is 0.0714. The normalized spacial score (nSPS) is 10.3. The zero-order chi connectivity index (χ0) is 13.8. The van der Waals surface area contributed by atoms with E-state index in [1.807, 2.05) is 18.2 Å². The van der Waals surface area contributed by atoms with Crippen LogP contribution in [-0.4, -0.2) is 5.91 Å².